The van der Waals surface area contributed by atoms with E-state index in [0.717, 1.165) is 32.2 Å². The van der Waals surface area contributed by atoms with Crippen LogP contribution in [-0.2, 0) is 4.79 Å². The van der Waals surface area contributed by atoms with E-state index < -0.39 is 0 Å². The van der Waals surface area contributed by atoms with Crippen molar-refractivity contribution in [3.05, 3.63) is 63.6 Å². The summed E-state index contributed by atoms with van der Waals surface area (Å²) in [5.41, 5.74) is 4.26. The molecular formula is C20H16BrN3OS. The maximum Gasteiger partial charge on any atom is 0.234 e. The monoisotopic (exact) mass is 425 g/mol. The molecule has 0 saturated heterocycles. The lowest BCUT2D eigenvalue weighted by atomic mass is 10.1. The average Bonchev–Trinajstić information content (AvgIpc) is 2.61. The van der Waals surface area contributed by atoms with Crippen LogP contribution in [0.1, 0.15) is 16.7 Å². The van der Waals surface area contributed by atoms with Crippen LogP contribution < -0.4 is 5.32 Å². The minimum absolute atomic E-state index is 0.145. The van der Waals surface area contributed by atoms with Crippen LogP contribution in [0.15, 0.2) is 52.0 Å². The number of amides is 1. The lowest BCUT2D eigenvalue weighted by molar-refractivity contribution is -0.113. The van der Waals surface area contributed by atoms with E-state index in [-0.39, 0.29) is 11.7 Å². The van der Waals surface area contributed by atoms with E-state index in [0.29, 0.717) is 10.6 Å². The maximum atomic E-state index is 12.2. The van der Waals surface area contributed by atoms with Crippen LogP contribution in [0, 0.1) is 25.2 Å². The van der Waals surface area contributed by atoms with Crippen molar-refractivity contribution in [2.45, 2.75) is 18.9 Å². The summed E-state index contributed by atoms with van der Waals surface area (Å²) in [5, 5.41) is 13.8. The van der Waals surface area contributed by atoms with Gasteiger partial charge in [0, 0.05) is 9.86 Å². The Bertz CT molecular complexity index is 1040. The second-order valence-electron chi connectivity index (χ2n) is 5.92. The molecule has 3 rings (SSSR count). The molecule has 4 nitrogen and oxygen atoms in total. The van der Waals surface area contributed by atoms with E-state index >= 15 is 0 Å². The summed E-state index contributed by atoms with van der Waals surface area (Å²) in [6.07, 6.45) is 0. The molecule has 0 aliphatic carbocycles. The van der Waals surface area contributed by atoms with Gasteiger partial charge in [-0.05, 0) is 59.6 Å². The SMILES string of the molecule is Cc1cc(C)c2nc(SCC(=O)Nc3ccccc3Br)c(C#N)cc2c1. The molecule has 26 heavy (non-hydrogen) atoms. The number of benzene rings is 2. The molecule has 0 atom stereocenters. The number of nitrogens with one attached hydrogen (secondary N) is 1. The first-order valence-corrected chi connectivity index (χ1v) is 9.75. The molecule has 0 aliphatic rings. The van der Waals surface area contributed by atoms with Crippen LogP contribution in [0.5, 0.6) is 0 Å². The molecule has 0 saturated carbocycles. The van der Waals surface area contributed by atoms with Gasteiger partial charge in [0.05, 0.1) is 22.5 Å². The van der Waals surface area contributed by atoms with E-state index in [1.54, 1.807) is 0 Å². The van der Waals surface area contributed by atoms with E-state index in [1.807, 2.05) is 50.2 Å². The zero-order chi connectivity index (χ0) is 18.7. The Balaban J connectivity index is 1.81. The largest absolute Gasteiger partial charge is 0.324 e. The zero-order valence-corrected chi connectivity index (χ0v) is 16.7. The van der Waals surface area contributed by atoms with Crippen molar-refractivity contribution >= 4 is 50.2 Å². The van der Waals surface area contributed by atoms with E-state index in [9.17, 15) is 10.1 Å². The summed E-state index contributed by atoms with van der Waals surface area (Å²) in [6, 6.07) is 15.6. The quantitative estimate of drug-likeness (QED) is 0.582. The predicted molar refractivity (Wildman–Crippen MR) is 109 cm³/mol. The number of anilines is 1. The van der Waals surface area contributed by atoms with Gasteiger partial charge in [0.15, 0.2) is 0 Å². The van der Waals surface area contributed by atoms with Gasteiger partial charge < -0.3 is 5.32 Å². The van der Waals surface area contributed by atoms with Crippen LogP contribution in [0.4, 0.5) is 5.69 Å². The lowest BCUT2D eigenvalue weighted by Crippen LogP contribution is -2.14. The molecule has 0 unspecified atom stereocenters. The van der Waals surface area contributed by atoms with Gasteiger partial charge in [-0.15, -0.1) is 0 Å². The van der Waals surface area contributed by atoms with Crippen LogP contribution in [-0.4, -0.2) is 16.6 Å². The molecule has 0 fully saturated rings. The highest BCUT2D eigenvalue weighted by Crippen LogP contribution is 2.28. The Kier molecular flexibility index (Phi) is 5.60. The van der Waals surface area contributed by atoms with Gasteiger partial charge >= 0.3 is 0 Å². The lowest BCUT2D eigenvalue weighted by Gasteiger charge is -2.09. The average molecular weight is 426 g/mol. The van der Waals surface area contributed by atoms with Gasteiger partial charge in [-0.2, -0.15) is 5.26 Å². The number of hydrogen-bond donors (Lipinski definition) is 1. The summed E-state index contributed by atoms with van der Waals surface area (Å²) >= 11 is 4.68. The highest BCUT2D eigenvalue weighted by atomic mass is 79.9. The number of nitriles is 1. The number of halogens is 1. The van der Waals surface area contributed by atoms with Gasteiger partial charge in [0.25, 0.3) is 0 Å². The normalized spacial score (nSPS) is 10.5. The van der Waals surface area contributed by atoms with E-state index in [1.165, 1.54) is 11.8 Å². The number of rotatable bonds is 4. The Morgan fingerprint density at radius 2 is 2.04 bits per heavy atom. The van der Waals surface area contributed by atoms with E-state index in [4.69, 9.17) is 0 Å². The molecule has 1 aromatic heterocycles. The molecule has 6 heteroatoms. The molecule has 0 bridgehead atoms. The number of aromatic nitrogens is 1. The number of hydrogen-bond acceptors (Lipinski definition) is 4. The van der Waals surface area contributed by atoms with E-state index in [2.05, 4.69) is 38.4 Å². The second kappa shape index (κ2) is 7.90. The third kappa shape index (κ3) is 4.06. The molecule has 1 N–H and O–H groups in total. The Morgan fingerprint density at radius 1 is 1.27 bits per heavy atom. The number of carbonyl (C=O) groups excluding carboxylic acids is 1. The minimum atomic E-state index is -0.145. The number of pyridine rings is 1. The molecule has 2 aromatic carbocycles. The number of nitrogens with zero attached hydrogens (tertiary/aromatic N) is 2. The second-order valence-corrected chi connectivity index (χ2v) is 7.74. The summed E-state index contributed by atoms with van der Waals surface area (Å²) in [6.45, 7) is 4.02. The molecule has 1 amide bonds. The molecule has 3 aromatic rings. The Morgan fingerprint density at radius 3 is 2.77 bits per heavy atom. The number of thioether (sulfide) groups is 1. The van der Waals surface area contributed by atoms with Crippen LogP contribution >= 0.6 is 27.7 Å². The van der Waals surface area contributed by atoms with Crippen LogP contribution in [0.3, 0.4) is 0 Å². The van der Waals surface area contributed by atoms with Crippen molar-refractivity contribution in [3.8, 4) is 6.07 Å². The highest BCUT2D eigenvalue weighted by molar-refractivity contribution is 9.10. The topological polar surface area (TPSA) is 65.8 Å². The Labute approximate surface area is 164 Å². The van der Waals surface area contributed by atoms with Crippen molar-refractivity contribution in [1.29, 1.82) is 5.26 Å². The maximum absolute atomic E-state index is 12.2. The number of aryl methyl sites for hydroxylation is 2. The molecule has 0 radical (unpaired) electrons. The van der Waals surface area contributed by atoms with Crippen molar-refractivity contribution in [1.82, 2.24) is 4.98 Å². The minimum Gasteiger partial charge on any atom is -0.324 e. The van der Waals surface area contributed by atoms with Gasteiger partial charge in [-0.1, -0.05) is 35.5 Å². The number of fused-ring (bicyclic) bond motifs is 1. The fraction of sp³-hybridized carbons (Fsp3) is 0.150. The third-order valence-corrected chi connectivity index (χ3v) is 5.51. The number of para-hydroxylation sites is 1. The van der Waals surface area contributed by atoms with Crippen molar-refractivity contribution in [3.63, 3.8) is 0 Å². The van der Waals surface area contributed by atoms with Crippen LogP contribution in [0.2, 0.25) is 0 Å². The van der Waals surface area contributed by atoms with Crippen LogP contribution in [0.25, 0.3) is 10.9 Å². The first-order valence-electron chi connectivity index (χ1n) is 7.97. The molecular weight excluding hydrogens is 410 g/mol. The van der Waals surface area contributed by atoms with Gasteiger partial charge in [-0.3, -0.25) is 4.79 Å². The molecule has 0 spiro atoms. The van der Waals surface area contributed by atoms with Gasteiger partial charge in [0.1, 0.15) is 11.1 Å². The highest BCUT2D eigenvalue weighted by Gasteiger charge is 2.12. The van der Waals surface area contributed by atoms with Gasteiger partial charge in [0.2, 0.25) is 5.91 Å². The van der Waals surface area contributed by atoms with Crippen molar-refractivity contribution in [2.24, 2.45) is 0 Å². The summed E-state index contributed by atoms with van der Waals surface area (Å²) in [7, 11) is 0. The van der Waals surface area contributed by atoms with Crippen molar-refractivity contribution in [2.75, 3.05) is 11.1 Å². The zero-order valence-electron chi connectivity index (χ0n) is 14.3. The smallest absolute Gasteiger partial charge is 0.234 e. The molecule has 0 aliphatic heterocycles. The number of carbonyl (C=O) groups is 1. The fourth-order valence-electron chi connectivity index (χ4n) is 2.71. The fourth-order valence-corrected chi connectivity index (χ4v) is 3.85. The summed E-state index contributed by atoms with van der Waals surface area (Å²) in [5.74, 6) is 0.0349. The van der Waals surface area contributed by atoms with Crippen molar-refractivity contribution < 1.29 is 4.79 Å². The first-order chi connectivity index (χ1) is 12.5. The molecule has 1 heterocycles. The van der Waals surface area contributed by atoms with Gasteiger partial charge in [-0.25, -0.2) is 4.98 Å². The summed E-state index contributed by atoms with van der Waals surface area (Å²) < 4.78 is 0.825. The Hall–Kier alpha value is -2.36. The molecule has 130 valence electrons. The predicted octanol–water partition coefficient (Wildman–Crippen LogP) is 5.22. The summed E-state index contributed by atoms with van der Waals surface area (Å²) in [4.78, 5) is 16.9. The third-order valence-electron chi connectivity index (χ3n) is 3.83. The standard InChI is InChI=1S/C20H16BrN3OS/c1-12-7-13(2)19-14(8-12)9-15(10-22)20(24-19)26-11-18(25)23-17-6-4-3-5-16(17)21/h3-9H,11H2,1-2H3,(H,23,25). The first kappa shape index (κ1) is 18.4.